The Balaban J connectivity index is 1.86. The van der Waals surface area contributed by atoms with Gasteiger partial charge in [0.15, 0.2) is 0 Å². The van der Waals surface area contributed by atoms with Crippen molar-refractivity contribution >= 4 is 5.91 Å². The molecule has 0 bridgehead atoms. The van der Waals surface area contributed by atoms with Crippen molar-refractivity contribution < 1.29 is 14.3 Å². The minimum Gasteiger partial charge on any atom is -0.496 e. The van der Waals surface area contributed by atoms with E-state index in [2.05, 4.69) is 0 Å². The summed E-state index contributed by atoms with van der Waals surface area (Å²) in [5.74, 6) is 1.28. The van der Waals surface area contributed by atoms with Gasteiger partial charge in [0.2, 0.25) is 0 Å². The summed E-state index contributed by atoms with van der Waals surface area (Å²) in [7, 11) is 1.65. The number of rotatable bonds is 6. The predicted octanol–water partition coefficient (Wildman–Crippen LogP) is 3.86. The van der Waals surface area contributed by atoms with Crippen LogP contribution in [0.15, 0.2) is 48.5 Å². The van der Waals surface area contributed by atoms with Crippen LogP contribution in [0, 0.1) is 5.92 Å². The molecular formula is C21H25NO3. The van der Waals surface area contributed by atoms with Gasteiger partial charge in [0, 0.05) is 36.7 Å². The second-order valence-electron chi connectivity index (χ2n) is 6.35. The van der Waals surface area contributed by atoms with Gasteiger partial charge >= 0.3 is 0 Å². The lowest BCUT2D eigenvalue weighted by molar-refractivity contribution is 0.0731. The number of carbonyl (C=O) groups is 1. The summed E-state index contributed by atoms with van der Waals surface area (Å²) < 4.78 is 10.9. The molecule has 25 heavy (non-hydrogen) atoms. The number of amides is 1. The van der Waals surface area contributed by atoms with Crippen LogP contribution in [0.3, 0.4) is 0 Å². The molecule has 1 amide bonds. The number of hydrogen-bond acceptors (Lipinski definition) is 3. The molecule has 1 fully saturated rings. The standard InChI is InChI=1S/C21H25NO3/c1-3-22(14-16-11-12-25-15-16)21(23)18-9-10-20(24-2)19(13-18)17-7-5-4-6-8-17/h4-10,13,16H,3,11-12,14-15H2,1-2H3/t16-/m1/s1. The third-order valence-electron chi connectivity index (χ3n) is 4.70. The maximum Gasteiger partial charge on any atom is 0.253 e. The summed E-state index contributed by atoms with van der Waals surface area (Å²) in [5, 5.41) is 0. The molecule has 0 saturated carbocycles. The number of benzene rings is 2. The average Bonchev–Trinajstić information content (AvgIpc) is 3.19. The van der Waals surface area contributed by atoms with E-state index in [1.54, 1.807) is 7.11 Å². The van der Waals surface area contributed by atoms with E-state index in [0.717, 1.165) is 43.1 Å². The van der Waals surface area contributed by atoms with Crippen molar-refractivity contribution in [2.24, 2.45) is 5.92 Å². The highest BCUT2D eigenvalue weighted by Gasteiger charge is 2.23. The van der Waals surface area contributed by atoms with Gasteiger partial charge in [-0.1, -0.05) is 30.3 Å². The molecule has 4 nitrogen and oxygen atoms in total. The molecule has 1 aliphatic rings. The fourth-order valence-corrected chi connectivity index (χ4v) is 3.26. The first kappa shape index (κ1) is 17.5. The van der Waals surface area contributed by atoms with Gasteiger partial charge in [0.25, 0.3) is 5.91 Å². The lowest BCUT2D eigenvalue weighted by Gasteiger charge is -2.24. The largest absolute Gasteiger partial charge is 0.496 e. The van der Waals surface area contributed by atoms with E-state index >= 15 is 0 Å². The molecule has 4 heteroatoms. The monoisotopic (exact) mass is 339 g/mol. The molecule has 0 aromatic heterocycles. The molecule has 1 saturated heterocycles. The zero-order chi connectivity index (χ0) is 17.6. The zero-order valence-electron chi connectivity index (χ0n) is 14.9. The van der Waals surface area contributed by atoms with E-state index < -0.39 is 0 Å². The van der Waals surface area contributed by atoms with Gasteiger partial charge in [-0.25, -0.2) is 0 Å². The SMILES string of the molecule is CCN(C[C@H]1CCOC1)C(=O)c1ccc(OC)c(-c2ccccc2)c1. The Kier molecular flexibility index (Phi) is 5.71. The average molecular weight is 339 g/mol. The number of nitrogens with zero attached hydrogens (tertiary/aromatic N) is 1. The van der Waals surface area contributed by atoms with E-state index in [0.29, 0.717) is 18.0 Å². The van der Waals surface area contributed by atoms with Crippen LogP contribution < -0.4 is 4.74 Å². The number of ether oxygens (including phenoxy) is 2. The molecule has 0 radical (unpaired) electrons. The molecular weight excluding hydrogens is 314 g/mol. The summed E-state index contributed by atoms with van der Waals surface area (Å²) in [6, 6.07) is 15.7. The number of methoxy groups -OCH3 is 1. The molecule has 0 aliphatic carbocycles. The summed E-state index contributed by atoms with van der Waals surface area (Å²) in [4.78, 5) is 14.9. The van der Waals surface area contributed by atoms with Crippen molar-refractivity contribution in [2.75, 3.05) is 33.4 Å². The van der Waals surface area contributed by atoms with Crippen LogP contribution in [0.1, 0.15) is 23.7 Å². The molecule has 1 heterocycles. The van der Waals surface area contributed by atoms with Crippen LogP contribution in [0.2, 0.25) is 0 Å². The normalized spacial score (nSPS) is 16.6. The highest BCUT2D eigenvalue weighted by Crippen LogP contribution is 2.31. The topological polar surface area (TPSA) is 38.8 Å². The second kappa shape index (κ2) is 8.17. The third-order valence-corrected chi connectivity index (χ3v) is 4.70. The van der Waals surface area contributed by atoms with Gasteiger partial charge in [-0.3, -0.25) is 4.79 Å². The van der Waals surface area contributed by atoms with Crippen molar-refractivity contribution in [3.8, 4) is 16.9 Å². The predicted molar refractivity (Wildman–Crippen MR) is 98.9 cm³/mol. The first-order chi connectivity index (χ1) is 12.2. The Labute approximate surface area is 149 Å². The first-order valence-corrected chi connectivity index (χ1v) is 8.83. The van der Waals surface area contributed by atoms with Gasteiger partial charge in [0.05, 0.1) is 13.7 Å². The van der Waals surface area contributed by atoms with Gasteiger partial charge in [-0.15, -0.1) is 0 Å². The van der Waals surface area contributed by atoms with E-state index in [4.69, 9.17) is 9.47 Å². The molecule has 0 spiro atoms. The number of carbonyl (C=O) groups excluding carboxylic acids is 1. The van der Waals surface area contributed by atoms with Crippen molar-refractivity contribution in [1.29, 1.82) is 0 Å². The van der Waals surface area contributed by atoms with Crippen molar-refractivity contribution in [1.82, 2.24) is 4.90 Å². The summed E-state index contributed by atoms with van der Waals surface area (Å²) in [6.45, 7) is 5.03. The van der Waals surface area contributed by atoms with Crippen LogP contribution in [0.5, 0.6) is 5.75 Å². The van der Waals surface area contributed by atoms with Crippen LogP contribution in [-0.4, -0.2) is 44.2 Å². The van der Waals surface area contributed by atoms with Crippen molar-refractivity contribution in [3.05, 3.63) is 54.1 Å². The zero-order valence-corrected chi connectivity index (χ0v) is 14.9. The first-order valence-electron chi connectivity index (χ1n) is 8.83. The van der Waals surface area contributed by atoms with Crippen LogP contribution in [0.4, 0.5) is 0 Å². The summed E-state index contributed by atoms with van der Waals surface area (Å²) in [5.41, 5.74) is 2.68. The van der Waals surface area contributed by atoms with Crippen LogP contribution in [-0.2, 0) is 4.74 Å². The van der Waals surface area contributed by atoms with Crippen molar-refractivity contribution in [3.63, 3.8) is 0 Å². The second-order valence-corrected chi connectivity index (χ2v) is 6.35. The molecule has 132 valence electrons. The van der Waals surface area contributed by atoms with E-state index in [1.165, 1.54) is 0 Å². The quantitative estimate of drug-likeness (QED) is 0.802. The minimum atomic E-state index is 0.0641. The molecule has 2 aromatic rings. The highest BCUT2D eigenvalue weighted by molar-refractivity contribution is 5.96. The highest BCUT2D eigenvalue weighted by atomic mass is 16.5. The molecule has 2 aromatic carbocycles. The van der Waals surface area contributed by atoms with Crippen molar-refractivity contribution in [2.45, 2.75) is 13.3 Å². The Morgan fingerprint density at radius 2 is 2.04 bits per heavy atom. The minimum absolute atomic E-state index is 0.0641. The molecule has 1 atom stereocenters. The maximum absolute atomic E-state index is 13.0. The van der Waals surface area contributed by atoms with E-state index in [-0.39, 0.29) is 5.91 Å². The maximum atomic E-state index is 13.0. The Morgan fingerprint density at radius 1 is 1.24 bits per heavy atom. The molecule has 3 rings (SSSR count). The van der Waals surface area contributed by atoms with Crippen LogP contribution >= 0.6 is 0 Å². The Morgan fingerprint density at radius 3 is 2.68 bits per heavy atom. The lowest BCUT2D eigenvalue weighted by atomic mass is 10.0. The fourth-order valence-electron chi connectivity index (χ4n) is 3.26. The van der Waals surface area contributed by atoms with E-state index in [9.17, 15) is 4.79 Å². The molecule has 0 unspecified atom stereocenters. The molecule has 0 N–H and O–H groups in total. The van der Waals surface area contributed by atoms with Crippen LogP contribution in [0.25, 0.3) is 11.1 Å². The van der Waals surface area contributed by atoms with Gasteiger partial charge in [0.1, 0.15) is 5.75 Å². The Hall–Kier alpha value is -2.33. The van der Waals surface area contributed by atoms with Gasteiger partial charge in [-0.05, 0) is 37.1 Å². The summed E-state index contributed by atoms with van der Waals surface area (Å²) >= 11 is 0. The smallest absolute Gasteiger partial charge is 0.253 e. The van der Waals surface area contributed by atoms with Gasteiger partial charge < -0.3 is 14.4 Å². The number of hydrogen-bond donors (Lipinski definition) is 0. The molecule has 1 aliphatic heterocycles. The lowest BCUT2D eigenvalue weighted by Crippen LogP contribution is -2.35. The fraction of sp³-hybridized carbons (Fsp3) is 0.381. The van der Waals surface area contributed by atoms with Gasteiger partial charge in [-0.2, -0.15) is 0 Å². The van der Waals surface area contributed by atoms with E-state index in [1.807, 2.05) is 60.4 Å². The Bertz CT molecular complexity index is 708. The summed E-state index contributed by atoms with van der Waals surface area (Å²) in [6.07, 6.45) is 1.03. The third kappa shape index (κ3) is 4.02.